The molecule has 3 N–H and O–H groups in total. The molecule has 0 aliphatic carbocycles. The predicted octanol–water partition coefficient (Wildman–Crippen LogP) is 2.27. The van der Waals surface area contributed by atoms with Gasteiger partial charge in [0.1, 0.15) is 11.7 Å². The van der Waals surface area contributed by atoms with Gasteiger partial charge in [-0.1, -0.05) is 30.3 Å². The molecular formula is C17H17FN2O2. The summed E-state index contributed by atoms with van der Waals surface area (Å²) in [4.78, 5) is 4.36. The first kappa shape index (κ1) is 14.7. The summed E-state index contributed by atoms with van der Waals surface area (Å²) in [6.45, 7) is 0.409. The average molecular weight is 300 g/mol. The Morgan fingerprint density at radius 3 is 2.73 bits per heavy atom. The van der Waals surface area contributed by atoms with Gasteiger partial charge in [-0.2, -0.15) is 0 Å². The van der Waals surface area contributed by atoms with Crippen molar-refractivity contribution >= 4 is 11.5 Å². The van der Waals surface area contributed by atoms with Crippen LogP contribution in [0.5, 0.6) is 0 Å². The van der Waals surface area contributed by atoms with Gasteiger partial charge in [-0.15, -0.1) is 0 Å². The minimum Gasteiger partial charge on any atom is -0.396 e. The summed E-state index contributed by atoms with van der Waals surface area (Å²) in [7, 11) is 0. The molecule has 1 unspecified atom stereocenters. The maximum absolute atomic E-state index is 13.6. The van der Waals surface area contributed by atoms with E-state index in [0.717, 1.165) is 5.69 Å². The lowest BCUT2D eigenvalue weighted by Crippen LogP contribution is -2.36. The Labute approximate surface area is 128 Å². The smallest absolute Gasteiger partial charge is 0.174 e. The van der Waals surface area contributed by atoms with Crippen LogP contribution in [0.4, 0.5) is 10.1 Å². The molecule has 0 saturated carbocycles. The van der Waals surface area contributed by atoms with Crippen LogP contribution in [0.25, 0.3) is 0 Å². The molecule has 1 heterocycles. The molecule has 0 spiro atoms. The summed E-state index contributed by atoms with van der Waals surface area (Å²) in [5.41, 5.74) is 0.307. The van der Waals surface area contributed by atoms with Gasteiger partial charge in [-0.25, -0.2) is 4.39 Å². The molecule has 22 heavy (non-hydrogen) atoms. The quantitative estimate of drug-likeness (QED) is 0.759. The van der Waals surface area contributed by atoms with Crippen LogP contribution >= 0.6 is 0 Å². The zero-order valence-corrected chi connectivity index (χ0v) is 12.0. The molecule has 5 heteroatoms. The van der Waals surface area contributed by atoms with Crippen molar-refractivity contribution in [2.75, 3.05) is 18.5 Å². The van der Waals surface area contributed by atoms with Gasteiger partial charge in [0, 0.05) is 24.4 Å². The van der Waals surface area contributed by atoms with E-state index in [2.05, 4.69) is 10.3 Å². The van der Waals surface area contributed by atoms with Crippen LogP contribution in [-0.2, 0) is 5.60 Å². The number of aliphatic hydroxyl groups excluding tert-OH is 1. The lowest BCUT2D eigenvalue weighted by molar-refractivity contribution is 0.159. The first-order chi connectivity index (χ1) is 10.7. The van der Waals surface area contributed by atoms with Gasteiger partial charge in [0.25, 0.3) is 0 Å². The van der Waals surface area contributed by atoms with Gasteiger partial charge < -0.3 is 15.5 Å². The van der Waals surface area contributed by atoms with Crippen LogP contribution in [0.15, 0.2) is 53.5 Å². The Bertz CT molecular complexity index is 717. The number of hydrogen-bond acceptors (Lipinski definition) is 3. The molecule has 0 aromatic heterocycles. The summed E-state index contributed by atoms with van der Waals surface area (Å²) in [5, 5.41) is 23.3. The zero-order valence-electron chi connectivity index (χ0n) is 12.0. The highest BCUT2D eigenvalue weighted by Gasteiger charge is 2.44. The van der Waals surface area contributed by atoms with E-state index in [1.165, 1.54) is 12.1 Å². The number of halogens is 1. The first-order valence-corrected chi connectivity index (χ1v) is 7.17. The topological polar surface area (TPSA) is 64.9 Å². The van der Waals surface area contributed by atoms with E-state index in [4.69, 9.17) is 5.11 Å². The summed E-state index contributed by atoms with van der Waals surface area (Å²) in [6.07, 6.45) is 0.501. The van der Waals surface area contributed by atoms with Gasteiger partial charge in [0.15, 0.2) is 5.60 Å². The number of fused-ring (bicyclic) bond motifs is 1. The van der Waals surface area contributed by atoms with Crippen molar-refractivity contribution < 1.29 is 14.6 Å². The summed E-state index contributed by atoms with van der Waals surface area (Å²) >= 11 is 0. The normalized spacial score (nSPS) is 21.7. The molecule has 114 valence electrons. The highest BCUT2D eigenvalue weighted by molar-refractivity contribution is 6.10. The molecule has 0 bridgehead atoms. The number of rotatable bonds is 4. The number of benzene rings is 2. The van der Waals surface area contributed by atoms with E-state index in [1.807, 2.05) is 18.2 Å². The highest BCUT2D eigenvalue weighted by atomic mass is 19.1. The monoisotopic (exact) mass is 300 g/mol. The molecule has 0 saturated heterocycles. The fourth-order valence-corrected chi connectivity index (χ4v) is 2.67. The van der Waals surface area contributed by atoms with Crippen molar-refractivity contribution in [3.63, 3.8) is 0 Å². The number of anilines is 1. The number of nitrogens with one attached hydrogen (secondary N) is 1. The third-order valence-corrected chi connectivity index (χ3v) is 3.74. The van der Waals surface area contributed by atoms with Gasteiger partial charge >= 0.3 is 0 Å². The van der Waals surface area contributed by atoms with Crippen LogP contribution in [-0.4, -0.2) is 29.2 Å². The fourth-order valence-electron chi connectivity index (χ4n) is 2.67. The standard InChI is InChI=1S/C17H17FN2O2/c18-13-6-3-5-12(11-13)17(22)14-7-1-2-8-15(14)20-16(17)19-9-4-10-21/h1-3,5-8,11,21-22H,4,9-10H2,(H,19,20). The van der Waals surface area contributed by atoms with Crippen LogP contribution in [0.1, 0.15) is 17.5 Å². The largest absolute Gasteiger partial charge is 0.396 e. The highest BCUT2D eigenvalue weighted by Crippen LogP contribution is 2.41. The van der Waals surface area contributed by atoms with E-state index >= 15 is 0 Å². The Morgan fingerprint density at radius 2 is 1.95 bits per heavy atom. The maximum atomic E-state index is 13.6. The zero-order chi connectivity index (χ0) is 15.6. The Hall–Kier alpha value is -2.24. The molecule has 0 radical (unpaired) electrons. The second-order valence-corrected chi connectivity index (χ2v) is 5.20. The van der Waals surface area contributed by atoms with Crippen LogP contribution < -0.4 is 5.32 Å². The molecular weight excluding hydrogens is 283 g/mol. The summed E-state index contributed by atoms with van der Waals surface area (Å²) in [5.74, 6) is -0.0576. The number of aliphatic hydroxyl groups is 2. The minimum absolute atomic E-state index is 0.0299. The Balaban J connectivity index is 2.12. The third kappa shape index (κ3) is 2.38. The van der Waals surface area contributed by atoms with Crippen molar-refractivity contribution in [2.24, 2.45) is 4.99 Å². The average Bonchev–Trinajstić information content (AvgIpc) is 2.82. The fraction of sp³-hybridized carbons (Fsp3) is 0.235. The van der Waals surface area contributed by atoms with E-state index in [9.17, 15) is 9.50 Å². The lowest BCUT2D eigenvalue weighted by atomic mass is 9.87. The van der Waals surface area contributed by atoms with Gasteiger partial charge in [-0.3, -0.25) is 4.99 Å². The molecule has 0 fully saturated rings. The molecule has 1 aliphatic heterocycles. The van der Waals surface area contributed by atoms with Crippen molar-refractivity contribution in [3.8, 4) is 0 Å². The third-order valence-electron chi connectivity index (χ3n) is 3.74. The SMILES string of the molecule is OCCCN=C1Nc2ccccc2C1(O)c1cccc(F)c1. The van der Waals surface area contributed by atoms with Crippen molar-refractivity contribution in [3.05, 3.63) is 65.5 Å². The minimum atomic E-state index is -1.51. The van der Waals surface area contributed by atoms with Crippen LogP contribution in [0.2, 0.25) is 0 Å². The van der Waals surface area contributed by atoms with E-state index in [0.29, 0.717) is 29.9 Å². The summed E-state index contributed by atoms with van der Waals surface area (Å²) in [6, 6.07) is 13.2. The van der Waals surface area contributed by atoms with E-state index in [-0.39, 0.29) is 6.61 Å². The number of aliphatic imine (C=N–C) groups is 1. The lowest BCUT2D eigenvalue weighted by Gasteiger charge is -2.24. The van der Waals surface area contributed by atoms with Crippen LogP contribution in [0, 0.1) is 5.82 Å². The van der Waals surface area contributed by atoms with Gasteiger partial charge in [-0.05, 0) is 30.2 Å². The molecule has 1 aliphatic rings. The second-order valence-electron chi connectivity index (χ2n) is 5.20. The Kier molecular flexibility index (Phi) is 3.92. The maximum Gasteiger partial charge on any atom is 0.174 e. The molecule has 1 atom stereocenters. The number of amidine groups is 1. The molecule has 0 amide bonds. The predicted molar refractivity (Wildman–Crippen MR) is 83.5 cm³/mol. The van der Waals surface area contributed by atoms with Crippen molar-refractivity contribution in [2.45, 2.75) is 12.0 Å². The Morgan fingerprint density at radius 1 is 1.14 bits per heavy atom. The number of hydrogen-bond donors (Lipinski definition) is 3. The van der Waals surface area contributed by atoms with Gasteiger partial charge in [0.2, 0.25) is 0 Å². The van der Waals surface area contributed by atoms with Gasteiger partial charge in [0.05, 0.1) is 0 Å². The molecule has 3 rings (SSSR count). The molecule has 2 aromatic carbocycles. The number of para-hydroxylation sites is 1. The van der Waals surface area contributed by atoms with Crippen LogP contribution in [0.3, 0.4) is 0 Å². The second kappa shape index (κ2) is 5.87. The summed E-state index contributed by atoms with van der Waals surface area (Å²) < 4.78 is 13.6. The van der Waals surface area contributed by atoms with E-state index in [1.54, 1.807) is 18.2 Å². The molecule has 2 aromatic rings. The number of nitrogens with zero attached hydrogens (tertiary/aromatic N) is 1. The first-order valence-electron chi connectivity index (χ1n) is 7.17. The van der Waals surface area contributed by atoms with Crippen molar-refractivity contribution in [1.82, 2.24) is 0 Å². The van der Waals surface area contributed by atoms with Crippen molar-refractivity contribution in [1.29, 1.82) is 0 Å². The molecule has 4 nitrogen and oxygen atoms in total. The van der Waals surface area contributed by atoms with E-state index < -0.39 is 11.4 Å².